The Labute approximate surface area is 492 Å². The highest BCUT2D eigenvalue weighted by molar-refractivity contribution is 7.80. The number of aromatic hydroxyl groups is 1. The van der Waals surface area contributed by atoms with E-state index in [4.69, 9.17) is 43.4 Å². The molecular weight excluding hydrogens is 1120 g/mol. The molecule has 0 radical (unpaired) electrons. The number of Topliss-reactive ketones (excluding diaryl/α,β-unsaturated/α-hetero) is 2. The summed E-state index contributed by atoms with van der Waals surface area (Å²) in [6.07, 6.45) is -3.03. The van der Waals surface area contributed by atoms with Gasteiger partial charge < -0.3 is 55.6 Å². The summed E-state index contributed by atoms with van der Waals surface area (Å²) in [5.41, 5.74) is 3.18. The van der Waals surface area contributed by atoms with E-state index in [1.165, 1.54) is 30.3 Å². The molecule has 0 spiro atoms. The molecule has 2 unspecified atom stereocenters. The third kappa shape index (κ3) is 19.8. The summed E-state index contributed by atoms with van der Waals surface area (Å²) in [6, 6.07) is 29.2. The number of fused-ring (bicyclic) bond motifs is 2. The topological polar surface area (TPSA) is 331 Å². The molecule has 0 aromatic heterocycles. The zero-order valence-electron chi connectivity index (χ0n) is 45.3. The van der Waals surface area contributed by atoms with Gasteiger partial charge in [-0.2, -0.15) is 0 Å². The normalized spacial score (nSPS) is 12.8. The fraction of sp³-hybridized carbons (Fsp3) is 0.311. The molecule has 84 heavy (non-hydrogen) atoms. The molecule has 0 saturated heterocycles. The molecule has 2 aliphatic rings. The largest absolute Gasteiger partial charge is 0.508 e. The van der Waals surface area contributed by atoms with Crippen LogP contribution in [0, 0.1) is 5.92 Å². The van der Waals surface area contributed by atoms with Gasteiger partial charge in [0.05, 0.1) is 18.0 Å². The number of hydrogen-bond acceptors (Lipinski definition) is 16. The predicted octanol–water partition coefficient (Wildman–Crippen LogP) is 6.67. The van der Waals surface area contributed by atoms with Crippen LogP contribution in [0.5, 0.6) is 5.75 Å². The van der Waals surface area contributed by atoms with E-state index in [0.717, 1.165) is 11.1 Å². The summed E-state index contributed by atoms with van der Waals surface area (Å²) in [6.45, 7) is 0.326. The fourth-order valence-corrected chi connectivity index (χ4v) is 10.1. The number of aliphatic carboxylic acids is 2. The molecule has 1 heterocycles. The zero-order valence-corrected chi connectivity index (χ0v) is 47.0. The maximum atomic E-state index is 14.6. The van der Waals surface area contributed by atoms with Gasteiger partial charge in [0.25, 0.3) is 12.9 Å². The van der Waals surface area contributed by atoms with Gasteiger partial charge in [0.15, 0.2) is 22.6 Å². The van der Waals surface area contributed by atoms with Crippen molar-refractivity contribution in [3.05, 3.63) is 148 Å². The molecule has 4 aromatic rings. The van der Waals surface area contributed by atoms with Gasteiger partial charge in [0.1, 0.15) is 35.0 Å². The van der Waals surface area contributed by atoms with Gasteiger partial charge in [-0.05, 0) is 108 Å². The van der Waals surface area contributed by atoms with E-state index in [-0.39, 0.29) is 142 Å². The highest BCUT2D eigenvalue weighted by Crippen LogP contribution is 2.42. The van der Waals surface area contributed by atoms with Gasteiger partial charge in [-0.1, -0.05) is 85.0 Å². The van der Waals surface area contributed by atoms with Crippen LogP contribution in [0.25, 0.3) is 33.4 Å². The average Bonchev–Trinajstić information content (AvgIpc) is 2.95. The molecule has 4 aromatic carbocycles. The van der Waals surface area contributed by atoms with Crippen LogP contribution in [0.3, 0.4) is 0 Å². The first-order valence-electron chi connectivity index (χ1n) is 26.8. The lowest BCUT2D eigenvalue weighted by molar-refractivity contribution is -0.141. The van der Waals surface area contributed by atoms with Crippen molar-refractivity contribution in [1.82, 2.24) is 21.3 Å². The number of carboxylic acids is 3. The minimum atomic E-state index is -1.33. The van der Waals surface area contributed by atoms with Gasteiger partial charge in [-0.25, -0.2) is 9.59 Å². The van der Waals surface area contributed by atoms with Gasteiger partial charge in [0, 0.05) is 79.6 Å². The monoisotopic (exact) mass is 1190 g/mol. The van der Waals surface area contributed by atoms with Gasteiger partial charge >= 0.3 is 17.9 Å². The molecule has 1 aliphatic carbocycles. The Balaban J connectivity index is 1.07. The van der Waals surface area contributed by atoms with Crippen LogP contribution in [0.2, 0.25) is 0 Å². The Bertz CT molecular complexity index is 3390. The molecule has 440 valence electrons. The number of phenolic OH excluding ortho intramolecular Hbond substituents is 1. The van der Waals surface area contributed by atoms with E-state index in [2.05, 4.69) is 21.3 Å². The number of ether oxygens (including phenoxy) is 2. The number of ketones is 2. The minimum Gasteiger partial charge on any atom is -0.508 e. The Morgan fingerprint density at radius 2 is 1.35 bits per heavy atom. The van der Waals surface area contributed by atoms with E-state index in [9.17, 15) is 63.3 Å². The Morgan fingerprint density at radius 1 is 0.655 bits per heavy atom. The molecule has 0 saturated carbocycles. The number of rotatable bonds is 35. The lowest BCUT2D eigenvalue weighted by atomic mass is 9.88. The van der Waals surface area contributed by atoms with Gasteiger partial charge in [-0.3, -0.25) is 38.4 Å². The third-order valence-electron chi connectivity index (χ3n) is 13.6. The Morgan fingerprint density at radius 3 is 2.01 bits per heavy atom. The van der Waals surface area contributed by atoms with Crippen molar-refractivity contribution in [2.24, 2.45) is 5.92 Å². The van der Waals surface area contributed by atoms with Gasteiger partial charge in [0.2, 0.25) is 11.8 Å². The zero-order chi connectivity index (χ0) is 60.7. The lowest BCUT2D eigenvalue weighted by Crippen LogP contribution is -2.49. The molecule has 5 atom stereocenters. The molecule has 21 nitrogen and oxygen atoms in total. The molecular formula is C61H62N4O17S2. The van der Waals surface area contributed by atoms with Crippen molar-refractivity contribution in [2.75, 3.05) is 6.54 Å². The number of nitrogens with one attached hydrogen (secondary N) is 4. The maximum absolute atomic E-state index is 14.6. The molecule has 23 heteroatoms. The minimum absolute atomic E-state index is 0.0109. The predicted molar refractivity (Wildman–Crippen MR) is 314 cm³/mol. The van der Waals surface area contributed by atoms with E-state index in [1.807, 2.05) is 30.3 Å². The summed E-state index contributed by atoms with van der Waals surface area (Å²) in [7, 11) is 0. The number of phenols is 1. The number of aromatic carboxylic acids is 1. The summed E-state index contributed by atoms with van der Waals surface area (Å²) in [4.78, 5) is 126. The molecule has 1 aliphatic heterocycles. The van der Waals surface area contributed by atoms with Crippen LogP contribution < -0.4 is 26.7 Å². The summed E-state index contributed by atoms with van der Waals surface area (Å²) in [5, 5.41) is 50.4. The van der Waals surface area contributed by atoms with Crippen LogP contribution in [-0.4, -0.2) is 116 Å². The number of carbonyl (C=O) groups excluding carboxylic acids is 6. The molecule has 2 amide bonds. The van der Waals surface area contributed by atoms with Crippen molar-refractivity contribution >= 4 is 99.6 Å². The second-order valence-electron chi connectivity index (χ2n) is 19.8. The Hall–Kier alpha value is -9.22. The fourth-order valence-electron chi connectivity index (χ4n) is 9.45. The number of benzene rings is 5. The van der Waals surface area contributed by atoms with Gasteiger partial charge in [-0.15, -0.1) is 0 Å². The van der Waals surface area contributed by atoms with Crippen molar-refractivity contribution in [2.45, 2.75) is 108 Å². The third-order valence-corrected chi connectivity index (χ3v) is 14.1. The summed E-state index contributed by atoms with van der Waals surface area (Å²) < 4.78 is 16.0. The van der Waals surface area contributed by atoms with E-state index >= 15 is 0 Å². The quantitative estimate of drug-likeness (QED) is 0.00677. The number of thiocarbonyl (C=S) groups is 2. The second-order valence-corrected chi connectivity index (χ2v) is 20.8. The Kier molecular flexibility index (Phi) is 24.2. The van der Waals surface area contributed by atoms with Crippen molar-refractivity contribution in [3.63, 3.8) is 0 Å². The van der Waals surface area contributed by atoms with Crippen LogP contribution >= 0.6 is 24.4 Å². The smallest absolute Gasteiger partial charge is 0.336 e. The van der Waals surface area contributed by atoms with E-state index in [0.29, 0.717) is 32.5 Å². The van der Waals surface area contributed by atoms with E-state index in [1.54, 1.807) is 54.6 Å². The second kappa shape index (κ2) is 31.8. The van der Waals surface area contributed by atoms with Crippen LogP contribution in [-0.2, 0) is 67.1 Å². The first kappa shape index (κ1) is 64.0. The first-order chi connectivity index (χ1) is 40.3. The van der Waals surface area contributed by atoms with Crippen LogP contribution in [0.4, 0.5) is 0 Å². The maximum Gasteiger partial charge on any atom is 0.336 e. The lowest BCUT2D eigenvalue weighted by Gasteiger charge is -2.24. The first-order valence-corrected chi connectivity index (χ1v) is 27.6. The molecule has 0 fully saturated rings. The number of hydrogen-bond donors (Lipinski definition) is 8. The number of carbonyl (C=O) groups is 9. The van der Waals surface area contributed by atoms with Crippen LogP contribution in [0.1, 0.15) is 91.3 Å². The standard InChI is InChI=1S/C61H62N4O17S2/c66-34-80-43(17-22-54(72)62-25-7-12-40(68)16-21-49(60(78)79)64-61(84)65-55(81-35-67)23-24-56(73)74)33-51(71)50(29-37-10-5-2-6-11-37)63-58(75)39(26-36-8-3-1-4-9-36)30-44(83)27-38-13-18-45(48(28-38)59(76)77)57-46-19-14-41(69)31-52(46)82-53-32-42(70)15-20-47(53)57/h1-6,8-11,13-15,18-20,28,31-32,34-35,39,43,49-50,55,69H,7,12,16-17,21-27,29-30,33H2,(H,62,72)(H,63,75)(H,73,74)(H,76,77)(H,78,79)(H2,64,65,84)/t39?,43-,49-,50?,55+/m0/s1. The molecule has 6 rings (SSSR count). The average molecular weight is 1190 g/mol. The molecule has 8 N–H and O–H groups in total. The summed E-state index contributed by atoms with van der Waals surface area (Å²) >= 11 is 11.0. The van der Waals surface area contributed by atoms with Crippen molar-refractivity contribution < 1.29 is 77.5 Å². The van der Waals surface area contributed by atoms with E-state index < -0.39 is 65.8 Å². The number of carboxylic acid groups (broad SMARTS) is 3. The highest BCUT2D eigenvalue weighted by atomic mass is 32.1. The highest BCUT2D eigenvalue weighted by Gasteiger charge is 2.30. The van der Waals surface area contributed by atoms with Crippen molar-refractivity contribution in [3.8, 4) is 28.2 Å². The number of amides is 2. The van der Waals surface area contributed by atoms with Crippen LogP contribution in [0.15, 0.2) is 124 Å². The van der Waals surface area contributed by atoms with Crippen molar-refractivity contribution in [1.29, 1.82) is 0 Å². The summed E-state index contributed by atoms with van der Waals surface area (Å²) in [5.74, 6) is -6.18. The SMILES string of the molecule is O=CO[C@@H](CCC(=O)NCCCC(=O)CC[C@H](NC(=S)N[C@@H](CCC(=O)O)OC=O)C(=O)O)CC(=O)C(Cc1ccccc1)NC(=O)C(CC(=S)Cc1ccc(-c2c3ccc(=O)cc-3oc3cc(O)ccc23)c(C(=O)O)c1)Cc1ccccc1. The molecule has 0 bridgehead atoms.